The molecule has 0 amide bonds. The highest BCUT2D eigenvalue weighted by atomic mass is 79.9. The molecule has 96 valence electrons. The number of aromatic amines is 1. The van der Waals surface area contributed by atoms with Crippen molar-refractivity contribution in [3.8, 4) is 11.6 Å². The van der Waals surface area contributed by atoms with E-state index in [0.717, 1.165) is 15.4 Å². The summed E-state index contributed by atoms with van der Waals surface area (Å²) in [5, 5.41) is 0.825. The van der Waals surface area contributed by atoms with Crippen molar-refractivity contribution in [2.75, 3.05) is 13.7 Å². The summed E-state index contributed by atoms with van der Waals surface area (Å²) in [5.74, 6) is 0.711. The fourth-order valence-corrected chi connectivity index (χ4v) is 1.98. The first kappa shape index (κ1) is 12.8. The molecule has 0 fully saturated rings. The SMILES string of the molecule is CCOC(=O)Oc1[nH]c2ccc(Br)cc2c1OC. The lowest BCUT2D eigenvalue weighted by Gasteiger charge is -2.04. The minimum atomic E-state index is -0.763. The molecule has 0 saturated carbocycles. The van der Waals surface area contributed by atoms with E-state index in [1.54, 1.807) is 6.92 Å². The van der Waals surface area contributed by atoms with E-state index < -0.39 is 6.16 Å². The van der Waals surface area contributed by atoms with Gasteiger partial charge in [0.15, 0.2) is 5.75 Å². The summed E-state index contributed by atoms with van der Waals surface area (Å²) >= 11 is 3.38. The smallest absolute Gasteiger partial charge is 0.491 e. The van der Waals surface area contributed by atoms with Gasteiger partial charge in [-0.25, -0.2) is 4.79 Å². The van der Waals surface area contributed by atoms with Crippen LogP contribution < -0.4 is 9.47 Å². The average molecular weight is 314 g/mol. The number of aromatic nitrogens is 1. The second-order valence-electron chi connectivity index (χ2n) is 3.46. The molecule has 0 aliphatic rings. The number of methoxy groups -OCH3 is 1. The number of H-pyrrole nitrogens is 1. The highest BCUT2D eigenvalue weighted by Crippen LogP contribution is 2.37. The van der Waals surface area contributed by atoms with Crippen LogP contribution in [-0.4, -0.2) is 24.9 Å². The van der Waals surface area contributed by atoms with Gasteiger partial charge in [0.25, 0.3) is 0 Å². The fourth-order valence-electron chi connectivity index (χ4n) is 1.62. The second kappa shape index (κ2) is 5.30. The van der Waals surface area contributed by atoms with Crippen LogP contribution in [0.1, 0.15) is 6.92 Å². The minimum absolute atomic E-state index is 0.240. The first-order valence-electron chi connectivity index (χ1n) is 5.35. The molecule has 1 aromatic carbocycles. The average Bonchev–Trinajstić information content (AvgIpc) is 2.65. The Morgan fingerprint density at radius 3 is 2.89 bits per heavy atom. The number of nitrogens with one attached hydrogen (secondary N) is 1. The summed E-state index contributed by atoms with van der Waals surface area (Å²) in [6.45, 7) is 1.97. The van der Waals surface area contributed by atoms with Gasteiger partial charge in [0.1, 0.15) is 0 Å². The predicted molar refractivity (Wildman–Crippen MR) is 70.2 cm³/mol. The Morgan fingerprint density at radius 1 is 1.44 bits per heavy atom. The van der Waals surface area contributed by atoms with E-state index in [1.165, 1.54) is 7.11 Å². The van der Waals surface area contributed by atoms with Crippen molar-refractivity contribution < 1.29 is 19.0 Å². The van der Waals surface area contributed by atoms with Gasteiger partial charge in [0.2, 0.25) is 5.88 Å². The van der Waals surface area contributed by atoms with Crippen LogP contribution >= 0.6 is 15.9 Å². The molecule has 0 atom stereocenters. The van der Waals surface area contributed by atoms with Gasteiger partial charge in [0.05, 0.1) is 19.2 Å². The van der Waals surface area contributed by atoms with Crippen molar-refractivity contribution >= 4 is 33.0 Å². The number of carbonyl (C=O) groups is 1. The molecule has 0 saturated heterocycles. The molecule has 0 radical (unpaired) electrons. The maximum absolute atomic E-state index is 11.3. The third-order valence-corrected chi connectivity index (χ3v) is 2.83. The normalized spacial score (nSPS) is 10.4. The largest absolute Gasteiger partial charge is 0.515 e. The van der Waals surface area contributed by atoms with E-state index in [-0.39, 0.29) is 12.5 Å². The second-order valence-corrected chi connectivity index (χ2v) is 4.38. The Labute approximate surface area is 112 Å². The Balaban J connectivity index is 2.41. The van der Waals surface area contributed by atoms with Crippen molar-refractivity contribution in [3.05, 3.63) is 22.7 Å². The molecule has 1 heterocycles. The summed E-state index contributed by atoms with van der Waals surface area (Å²) in [6.07, 6.45) is -0.763. The van der Waals surface area contributed by atoms with Gasteiger partial charge in [-0.15, -0.1) is 0 Å². The molecule has 0 aliphatic carbocycles. The summed E-state index contributed by atoms with van der Waals surface area (Å²) in [7, 11) is 1.52. The van der Waals surface area contributed by atoms with E-state index in [9.17, 15) is 4.79 Å². The minimum Gasteiger partial charge on any atom is -0.491 e. The molecule has 0 unspecified atom stereocenters. The highest BCUT2D eigenvalue weighted by molar-refractivity contribution is 9.10. The lowest BCUT2D eigenvalue weighted by molar-refractivity contribution is 0.102. The van der Waals surface area contributed by atoms with Crippen LogP contribution in [-0.2, 0) is 4.74 Å². The number of benzene rings is 1. The molecule has 6 heteroatoms. The Kier molecular flexibility index (Phi) is 3.76. The fraction of sp³-hybridized carbons (Fsp3) is 0.250. The van der Waals surface area contributed by atoms with Crippen LogP contribution in [0.3, 0.4) is 0 Å². The highest BCUT2D eigenvalue weighted by Gasteiger charge is 2.17. The molecule has 18 heavy (non-hydrogen) atoms. The van der Waals surface area contributed by atoms with Crippen LogP contribution in [0.2, 0.25) is 0 Å². The van der Waals surface area contributed by atoms with Crippen LogP contribution in [0.15, 0.2) is 22.7 Å². The Morgan fingerprint density at radius 2 is 2.22 bits per heavy atom. The summed E-state index contributed by atoms with van der Waals surface area (Å²) < 4.78 is 15.9. The monoisotopic (exact) mass is 313 g/mol. The summed E-state index contributed by atoms with van der Waals surface area (Å²) in [4.78, 5) is 14.3. The van der Waals surface area contributed by atoms with Crippen LogP contribution in [0.25, 0.3) is 10.9 Å². The zero-order valence-electron chi connectivity index (χ0n) is 9.95. The maximum Gasteiger partial charge on any atom is 0.515 e. The number of halogens is 1. The van der Waals surface area contributed by atoms with Crippen molar-refractivity contribution in [2.45, 2.75) is 6.92 Å². The number of ether oxygens (including phenoxy) is 3. The van der Waals surface area contributed by atoms with Gasteiger partial charge in [-0.05, 0) is 25.1 Å². The molecule has 2 rings (SSSR count). The van der Waals surface area contributed by atoms with E-state index in [2.05, 4.69) is 20.9 Å². The molecule has 0 aliphatic heterocycles. The lowest BCUT2D eigenvalue weighted by Crippen LogP contribution is -2.10. The summed E-state index contributed by atoms with van der Waals surface area (Å²) in [6, 6.07) is 5.62. The topological polar surface area (TPSA) is 60.5 Å². The van der Waals surface area contributed by atoms with Crippen molar-refractivity contribution in [1.82, 2.24) is 4.98 Å². The van der Waals surface area contributed by atoms with Gasteiger partial charge in [-0.1, -0.05) is 15.9 Å². The number of rotatable bonds is 3. The standard InChI is InChI=1S/C12H12BrNO4/c1-3-17-12(15)18-11-10(16-2)8-6-7(13)4-5-9(8)14-11/h4-6,14H,3H2,1-2H3. The molecule has 0 bridgehead atoms. The number of hydrogen-bond donors (Lipinski definition) is 1. The molecular formula is C12H12BrNO4. The number of fused-ring (bicyclic) bond motifs is 1. The predicted octanol–water partition coefficient (Wildman–Crippen LogP) is 3.47. The number of hydrogen-bond acceptors (Lipinski definition) is 4. The number of carbonyl (C=O) groups excluding carboxylic acids is 1. The maximum atomic E-state index is 11.3. The Bertz CT molecular complexity index is 579. The summed E-state index contributed by atoms with van der Waals surface area (Å²) in [5.41, 5.74) is 0.814. The molecule has 0 spiro atoms. The van der Waals surface area contributed by atoms with Gasteiger partial charge >= 0.3 is 6.16 Å². The lowest BCUT2D eigenvalue weighted by atomic mass is 10.2. The van der Waals surface area contributed by atoms with Gasteiger partial charge in [0, 0.05) is 9.86 Å². The van der Waals surface area contributed by atoms with Crippen molar-refractivity contribution in [2.24, 2.45) is 0 Å². The van der Waals surface area contributed by atoms with Crippen LogP contribution in [0.5, 0.6) is 11.6 Å². The third-order valence-electron chi connectivity index (χ3n) is 2.33. The first-order chi connectivity index (χ1) is 8.65. The van der Waals surface area contributed by atoms with Crippen molar-refractivity contribution in [1.29, 1.82) is 0 Å². The zero-order chi connectivity index (χ0) is 13.1. The van der Waals surface area contributed by atoms with E-state index in [1.807, 2.05) is 18.2 Å². The molecule has 2 aromatic rings. The van der Waals surface area contributed by atoms with E-state index in [0.29, 0.717) is 5.75 Å². The zero-order valence-corrected chi connectivity index (χ0v) is 11.5. The Hall–Kier alpha value is -1.69. The van der Waals surface area contributed by atoms with Crippen LogP contribution in [0.4, 0.5) is 4.79 Å². The molecule has 5 nitrogen and oxygen atoms in total. The van der Waals surface area contributed by atoms with Gasteiger partial charge in [-0.2, -0.15) is 0 Å². The van der Waals surface area contributed by atoms with Crippen LogP contribution in [0, 0.1) is 0 Å². The quantitative estimate of drug-likeness (QED) is 0.881. The third kappa shape index (κ3) is 2.43. The first-order valence-corrected chi connectivity index (χ1v) is 6.14. The molecule has 1 aromatic heterocycles. The van der Waals surface area contributed by atoms with Crippen molar-refractivity contribution in [3.63, 3.8) is 0 Å². The molecule has 1 N–H and O–H groups in total. The van der Waals surface area contributed by atoms with E-state index in [4.69, 9.17) is 14.2 Å². The van der Waals surface area contributed by atoms with Gasteiger partial charge in [-0.3, -0.25) is 0 Å². The molecular weight excluding hydrogens is 302 g/mol. The van der Waals surface area contributed by atoms with Gasteiger partial charge < -0.3 is 19.2 Å². The van der Waals surface area contributed by atoms with E-state index >= 15 is 0 Å².